The molecule has 0 unspecified atom stereocenters. The molecule has 1 aliphatic rings. The number of aromatic nitrogens is 2. The maximum atomic E-state index is 14.0. The lowest BCUT2D eigenvalue weighted by Gasteiger charge is -2.32. The first kappa shape index (κ1) is 36.4. The molecule has 0 spiro atoms. The molecule has 0 atom stereocenters. The Balaban J connectivity index is 1.30. The fraction of sp³-hybridized carbons (Fsp3) is 0.514. The van der Waals surface area contributed by atoms with Crippen molar-refractivity contribution in [1.82, 2.24) is 24.3 Å². The first-order valence-electron chi connectivity index (χ1n) is 16.7. The van der Waals surface area contributed by atoms with Crippen LogP contribution in [0.15, 0.2) is 42.5 Å². The molecule has 1 aliphatic heterocycles. The Labute approximate surface area is 285 Å². The number of aryl methyl sites for hydroxylation is 1. The third kappa shape index (κ3) is 8.30. The Morgan fingerprint density at radius 1 is 1.04 bits per heavy atom. The third-order valence-corrected chi connectivity index (χ3v) is 11.8. The lowest BCUT2D eigenvalue weighted by atomic mass is 9.87. The molecule has 1 fully saturated rings. The number of nitrogens with one attached hydrogen (secondary N) is 1. The van der Waals surface area contributed by atoms with Crippen LogP contribution in [0.4, 0.5) is 17.6 Å². The molecule has 0 amide bonds. The van der Waals surface area contributed by atoms with E-state index in [-0.39, 0.29) is 18.9 Å². The topological polar surface area (TPSA) is 70.5 Å². The molecule has 262 valence electrons. The van der Waals surface area contributed by atoms with E-state index in [1.165, 1.54) is 26.9 Å². The van der Waals surface area contributed by atoms with Crippen LogP contribution in [0, 0.1) is 5.82 Å². The van der Waals surface area contributed by atoms with Gasteiger partial charge in [0.1, 0.15) is 5.82 Å². The molecular weight excluding hydrogens is 663 g/mol. The highest BCUT2D eigenvalue weighted by Crippen LogP contribution is 2.41. The molecule has 2 aromatic heterocycles. The van der Waals surface area contributed by atoms with Crippen molar-refractivity contribution in [1.29, 1.82) is 0 Å². The number of hydrogen-bond acceptors (Lipinski definition) is 6. The second kappa shape index (κ2) is 15.4. The van der Waals surface area contributed by atoms with E-state index in [4.69, 9.17) is 5.10 Å². The van der Waals surface area contributed by atoms with Gasteiger partial charge in [0, 0.05) is 52.6 Å². The normalized spacial score (nSPS) is 15.3. The van der Waals surface area contributed by atoms with Crippen LogP contribution in [-0.4, -0.2) is 66.4 Å². The predicted molar refractivity (Wildman–Crippen MR) is 185 cm³/mol. The molecule has 5 rings (SSSR count). The summed E-state index contributed by atoms with van der Waals surface area (Å²) in [5.41, 5.74) is 3.27. The van der Waals surface area contributed by atoms with E-state index in [2.05, 4.69) is 17.1 Å². The van der Waals surface area contributed by atoms with E-state index in [1.807, 2.05) is 17.7 Å². The minimum Gasteiger partial charge on any atom is -0.312 e. The highest BCUT2D eigenvalue weighted by atomic mass is 32.2. The van der Waals surface area contributed by atoms with E-state index < -0.39 is 21.8 Å². The number of likely N-dealkylation sites (tertiary alicyclic amines) is 1. The number of thiophene rings is 1. The van der Waals surface area contributed by atoms with Crippen molar-refractivity contribution in [2.45, 2.75) is 78.2 Å². The van der Waals surface area contributed by atoms with Crippen molar-refractivity contribution in [3.8, 4) is 11.3 Å². The Bertz CT molecular complexity index is 1790. The number of hydrogen-bond donors (Lipinski definition) is 1. The lowest BCUT2D eigenvalue weighted by molar-refractivity contribution is -0.137. The lowest BCUT2D eigenvalue weighted by Crippen LogP contribution is -2.34. The molecule has 48 heavy (non-hydrogen) atoms. The molecule has 7 nitrogen and oxygen atoms in total. The second-order valence-electron chi connectivity index (χ2n) is 12.4. The van der Waals surface area contributed by atoms with E-state index in [0.29, 0.717) is 30.1 Å². The fourth-order valence-corrected chi connectivity index (χ4v) is 8.94. The summed E-state index contributed by atoms with van der Waals surface area (Å²) in [7, 11) is -3.51. The third-order valence-electron chi connectivity index (χ3n) is 9.29. The van der Waals surface area contributed by atoms with Crippen LogP contribution in [0.25, 0.3) is 21.3 Å². The Kier molecular flexibility index (Phi) is 11.7. The molecule has 3 heterocycles. The molecule has 13 heteroatoms. The number of fused-ring (bicyclic) bond motifs is 1. The highest BCUT2D eigenvalue weighted by Gasteiger charge is 2.31. The van der Waals surface area contributed by atoms with Gasteiger partial charge in [-0.1, -0.05) is 39.0 Å². The molecular formula is C35H45F4N5O2S2. The van der Waals surface area contributed by atoms with Crippen LogP contribution in [0.3, 0.4) is 0 Å². The fourth-order valence-electron chi connectivity index (χ4n) is 6.82. The van der Waals surface area contributed by atoms with Gasteiger partial charge in [0.25, 0.3) is 0 Å². The van der Waals surface area contributed by atoms with E-state index in [0.717, 1.165) is 91.7 Å². The van der Waals surface area contributed by atoms with E-state index >= 15 is 0 Å². The second-order valence-corrected chi connectivity index (χ2v) is 15.6. The number of rotatable bonds is 14. The number of sulfonamides is 1. The van der Waals surface area contributed by atoms with Gasteiger partial charge < -0.3 is 10.2 Å². The number of halogens is 4. The van der Waals surface area contributed by atoms with Gasteiger partial charge in [0.2, 0.25) is 10.0 Å². The Morgan fingerprint density at radius 3 is 2.35 bits per heavy atom. The molecule has 1 saturated heterocycles. The van der Waals surface area contributed by atoms with Gasteiger partial charge in [-0.15, -0.1) is 11.3 Å². The van der Waals surface area contributed by atoms with Crippen LogP contribution in [0.2, 0.25) is 0 Å². The summed E-state index contributed by atoms with van der Waals surface area (Å²) in [6.45, 7) is 11.2. The molecule has 1 N–H and O–H groups in total. The quantitative estimate of drug-likeness (QED) is 0.137. The summed E-state index contributed by atoms with van der Waals surface area (Å²) < 4.78 is 83.2. The zero-order valence-corrected chi connectivity index (χ0v) is 29.7. The summed E-state index contributed by atoms with van der Waals surface area (Å²) in [6, 6.07) is 10.0. The summed E-state index contributed by atoms with van der Waals surface area (Å²) in [5.74, 6) is 0.206. The minimum atomic E-state index is -4.45. The molecule has 0 aliphatic carbocycles. The van der Waals surface area contributed by atoms with Crippen LogP contribution >= 0.6 is 11.3 Å². The monoisotopic (exact) mass is 707 g/mol. The number of nitrogens with zero attached hydrogens (tertiary/aromatic N) is 4. The molecule has 0 bridgehead atoms. The van der Waals surface area contributed by atoms with Gasteiger partial charge in [0.05, 0.1) is 17.5 Å². The number of benzene rings is 2. The Morgan fingerprint density at radius 2 is 1.75 bits per heavy atom. The van der Waals surface area contributed by atoms with Crippen molar-refractivity contribution in [2.75, 3.05) is 39.0 Å². The highest BCUT2D eigenvalue weighted by molar-refractivity contribution is 7.88. The van der Waals surface area contributed by atoms with Gasteiger partial charge in [-0.3, -0.25) is 4.68 Å². The van der Waals surface area contributed by atoms with Gasteiger partial charge in [-0.05, 0) is 93.0 Å². The van der Waals surface area contributed by atoms with Crippen LogP contribution in [0.1, 0.15) is 73.2 Å². The SMILES string of the molecule is CCNCc1sc2cc(F)ccc2c1C1CCN(CCCn2nc(-c3ccc(C(F)(F)F)cc3)c(CN(CC)S(C)(=O)=O)c2CC)CC1. The number of alkyl halides is 3. The summed E-state index contributed by atoms with van der Waals surface area (Å²) >= 11 is 1.68. The molecule has 2 aromatic carbocycles. The smallest absolute Gasteiger partial charge is 0.312 e. The summed E-state index contributed by atoms with van der Waals surface area (Å²) in [5, 5.41) is 9.48. The van der Waals surface area contributed by atoms with Crippen LogP contribution in [-0.2, 0) is 42.3 Å². The molecule has 0 radical (unpaired) electrons. The van der Waals surface area contributed by atoms with Crippen LogP contribution < -0.4 is 5.32 Å². The summed E-state index contributed by atoms with van der Waals surface area (Å²) in [6.07, 6.45) is 0.169. The van der Waals surface area contributed by atoms with Crippen molar-refractivity contribution >= 4 is 31.4 Å². The largest absolute Gasteiger partial charge is 0.416 e. The summed E-state index contributed by atoms with van der Waals surface area (Å²) in [4.78, 5) is 3.75. The van der Waals surface area contributed by atoms with Crippen molar-refractivity contribution in [3.05, 3.63) is 75.5 Å². The van der Waals surface area contributed by atoms with Gasteiger partial charge >= 0.3 is 6.18 Å². The average molecular weight is 708 g/mol. The molecule has 4 aromatic rings. The van der Waals surface area contributed by atoms with Crippen molar-refractivity contribution < 1.29 is 26.0 Å². The standard InChI is InChI=1S/C35H45F4N5O2S2/c1-5-30-29(23-43(7-3)48(4,45)46)34(25-9-11-26(12-10-25)35(37,38)39)41-44(30)18-8-17-42-19-15-24(16-20-42)33-28-14-13-27(36)21-31(28)47-32(33)22-40-6-2/h9-14,21,24,40H,5-8,15-20,22-23H2,1-4H3. The zero-order chi connectivity index (χ0) is 34.6. The first-order chi connectivity index (χ1) is 22.8. The minimum absolute atomic E-state index is 0.0993. The van der Waals surface area contributed by atoms with E-state index in [1.54, 1.807) is 30.4 Å². The maximum Gasteiger partial charge on any atom is 0.416 e. The first-order valence-corrected chi connectivity index (χ1v) is 19.4. The predicted octanol–water partition coefficient (Wildman–Crippen LogP) is 7.65. The van der Waals surface area contributed by atoms with Crippen molar-refractivity contribution in [3.63, 3.8) is 0 Å². The van der Waals surface area contributed by atoms with Crippen molar-refractivity contribution in [2.24, 2.45) is 0 Å². The average Bonchev–Trinajstić information content (AvgIpc) is 3.58. The van der Waals surface area contributed by atoms with Crippen LogP contribution in [0.5, 0.6) is 0 Å². The van der Waals surface area contributed by atoms with Gasteiger partial charge in [0.15, 0.2) is 0 Å². The molecule has 0 saturated carbocycles. The number of piperidine rings is 1. The van der Waals surface area contributed by atoms with E-state index in [9.17, 15) is 26.0 Å². The maximum absolute atomic E-state index is 14.0. The zero-order valence-electron chi connectivity index (χ0n) is 28.0. The van der Waals surface area contributed by atoms with Gasteiger partial charge in [-0.25, -0.2) is 12.8 Å². The Hall–Kier alpha value is -2.84. The van der Waals surface area contributed by atoms with Gasteiger partial charge in [-0.2, -0.15) is 22.6 Å².